The first-order valence-electron chi connectivity index (χ1n) is 11.4. The number of benzene rings is 3. The fourth-order valence-electron chi connectivity index (χ4n) is 3.40. The van der Waals surface area contributed by atoms with E-state index in [0.29, 0.717) is 22.3 Å². The molecule has 3 aromatic rings. The maximum absolute atomic E-state index is 12.1. The lowest BCUT2D eigenvalue weighted by Gasteiger charge is -2.16. The van der Waals surface area contributed by atoms with Crippen LogP contribution in [0, 0.1) is 3.57 Å². The Morgan fingerprint density at radius 2 is 1.05 bits per heavy atom. The Kier molecular flexibility index (Phi) is 10.2. The van der Waals surface area contributed by atoms with Crippen molar-refractivity contribution in [3.63, 3.8) is 0 Å². The topological polar surface area (TPSA) is 105 Å². The van der Waals surface area contributed by atoms with Crippen LogP contribution >= 0.6 is 20.7 Å². The van der Waals surface area contributed by atoms with Gasteiger partial charge in [-0.2, -0.15) is 0 Å². The number of carbonyl (C=O) groups excluding carboxylic acids is 4. The Bertz CT molecular complexity index is 1550. The Balaban J connectivity index is 2.10. The molecular formula is C31H23IO8. The van der Waals surface area contributed by atoms with Gasteiger partial charge in [-0.25, -0.2) is 19.2 Å². The van der Waals surface area contributed by atoms with Crippen molar-refractivity contribution in [3.05, 3.63) is 109 Å². The molecule has 0 amide bonds. The molecule has 0 atom stereocenters. The number of esters is 4. The van der Waals surface area contributed by atoms with Crippen LogP contribution < -0.4 is 18.9 Å². The van der Waals surface area contributed by atoms with Crippen LogP contribution in [0.3, 0.4) is 0 Å². The lowest BCUT2D eigenvalue weighted by Crippen LogP contribution is -2.08. The number of hydrogen-bond donors (Lipinski definition) is 0. The minimum Gasteiger partial charge on any atom is -0.423 e. The second-order valence-corrected chi connectivity index (χ2v) is 9.57. The summed E-state index contributed by atoms with van der Waals surface area (Å²) in [4.78, 5) is 47.5. The van der Waals surface area contributed by atoms with Crippen LogP contribution in [-0.2, 0) is 19.2 Å². The molecule has 3 aromatic carbocycles. The summed E-state index contributed by atoms with van der Waals surface area (Å²) in [7, 11) is 0. The molecule has 0 saturated heterocycles. The monoisotopic (exact) mass is 650 g/mol. The van der Waals surface area contributed by atoms with Crippen molar-refractivity contribution in [2.75, 3.05) is 0 Å². The van der Waals surface area contributed by atoms with Crippen molar-refractivity contribution in [1.82, 2.24) is 0 Å². The van der Waals surface area contributed by atoms with Crippen LogP contribution in [0.2, 0.25) is 0 Å². The van der Waals surface area contributed by atoms with Crippen molar-refractivity contribution in [2.24, 2.45) is 0 Å². The molecule has 0 spiro atoms. The Morgan fingerprint density at radius 3 is 1.60 bits per heavy atom. The molecule has 0 unspecified atom stereocenters. The summed E-state index contributed by atoms with van der Waals surface area (Å²) in [6.45, 7) is 13.6. The van der Waals surface area contributed by atoms with E-state index >= 15 is 0 Å². The zero-order chi connectivity index (χ0) is 29.2. The molecule has 0 saturated carbocycles. The van der Waals surface area contributed by atoms with Gasteiger partial charge in [-0.15, -0.1) is 0 Å². The summed E-state index contributed by atoms with van der Waals surface area (Å²) >= 11 is -0.815. The maximum Gasteiger partial charge on any atom is 0.335 e. The minimum atomic E-state index is -0.815. The van der Waals surface area contributed by atoms with Crippen molar-refractivity contribution < 1.29 is 38.1 Å². The zero-order valence-corrected chi connectivity index (χ0v) is 23.3. The first kappa shape index (κ1) is 29.7. The standard InChI is InChI=1S/C31H23IO8/c1-6-27(33)37-21-14-15-23(25(17-21)39-29(35)8-3)19-10-12-20(13-11-19)31-24(32-5)16-22(38-28(34)7-2)18-26(31)40-30(36)9-4/h6-18H,1-5H2. The van der Waals surface area contributed by atoms with Crippen LogP contribution in [0.15, 0.2) is 105 Å². The molecule has 0 heterocycles. The van der Waals surface area contributed by atoms with E-state index in [0.717, 1.165) is 27.9 Å². The first-order chi connectivity index (χ1) is 19.2. The van der Waals surface area contributed by atoms with Crippen LogP contribution in [0.25, 0.3) is 22.3 Å². The minimum absolute atomic E-state index is 0.144. The van der Waals surface area contributed by atoms with Gasteiger partial charge in [0.05, 0.1) is 0 Å². The zero-order valence-electron chi connectivity index (χ0n) is 21.2. The molecule has 40 heavy (non-hydrogen) atoms. The summed E-state index contributed by atoms with van der Waals surface area (Å²) in [6, 6.07) is 14.8. The predicted molar refractivity (Wildman–Crippen MR) is 160 cm³/mol. The van der Waals surface area contributed by atoms with Gasteiger partial charge in [0.1, 0.15) is 23.0 Å². The van der Waals surface area contributed by atoms with E-state index in [1.165, 1.54) is 12.1 Å². The van der Waals surface area contributed by atoms with Gasteiger partial charge >= 0.3 is 23.9 Å². The highest BCUT2D eigenvalue weighted by Crippen LogP contribution is 2.41. The van der Waals surface area contributed by atoms with Gasteiger partial charge < -0.3 is 18.9 Å². The van der Waals surface area contributed by atoms with E-state index < -0.39 is 44.6 Å². The summed E-state index contributed by atoms with van der Waals surface area (Å²) < 4.78 is 26.1. The largest absolute Gasteiger partial charge is 0.423 e. The highest BCUT2D eigenvalue weighted by atomic mass is 127. The SMILES string of the molecule is C=CC(=O)Oc1ccc(-c2ccc(-c3c(OC(=O)C=C)cc(OC(=O)C=C)cc3I=C)cc2)c(OC(=O)C=C)c1. The van der Waals surface area contributed by atoms with Crippen molar-refractivity contribution >= 4 is 49.1 Å². The molecule has 0 radical (unpaired) electrons. The molecule has 9 heteroatoms. The fourth-order valence-corrected chi connectivity index (χ4v) is 4.89. The summed E-state index contributed by atoms with van der Waals surface area (Å²) in [6.07, 6.45) is 4.08. The molecule has 0 bridgehead atoms. The third-order valence-electron chi connectivity index (χ3n) is 5.13. The molecule has 0 aliphatic heterocycles. The highest BCUT2D eigenvalue weighted by Gasteiger charge is 2.18. The lowest BCUT2D eigenvalue weighted by atomic mass is 9.99. The number of carbonyl (C=O) groups is 4. The van der Waals surface area contributed by atoms with E-state index in [-0.39, 0.29) is 23.0 Å². The van der Waals surface area contributed by atoms with Crippen molar-refractivity contribution in [3.8, 4) is 45.3 Å². The van der Waals surface area contributed by atoms with Gasteiger partial charge in [0, 0.05) is 51.1 Å². The lowest BCUT2D eigenvalue weighted by molar-refractivity contribution is -0.130. The van der Waals surface area contributed by atoms with E-state index in [1.807, 2.05) is 0 Å². The van der Waals surface area contributed by atoms with E-state index in [9.17, 15) is 19.2 Å². The summed E-state index contributed by atoms with van der Waals surface area (Å²) in [5.74, 6) is -2.06. The molecule has 0 aliphatic carbocycles. The Hall–Kier alpha value is -4.90. The molecule has 202 valence electrons. The molecule has 8 nitrogen and oxygen atoms in total. The van der Waals surface area contributed by atoms with E-state index in [2.05, 4.69) is 30.8 Å². The second kappa shape index (κ2) is 13.8. The summed E-state index contributed by atoms with van der Waals surface area (Å²) in [5.41, 5.74) is 2.50. The molecular weight excluding hydrogens is 627 g/mol. The average Bonchev–Trinajstić information content (AvgIpc) is 2.96. The molecule has 3 rings (SSSR count). The number of rotatable bonds is 11. The number of ether oxygens (including phenoxy) is 4. The second-order valence-electron chi connectivity index (χ2n) is 7.65. The average molecular weight is 650 g/mol. The Morgan fingerprint density at radius 1 is 0.575 bits per heavy atom. The van der Waals surface area contributed by atoms with Crippen LogP contribution in [0.4, 0.5) is 0 Å². The fraction of sp³-hybridized carbons (Fsp3) is 0. The normalized spacial score (nSPS) is 10.0. The third kappa shape index (κ3) is 7.35. The third-order valence-corrected chi connectivity index (χ3v) is 6.81. The van der Waals surface area contributed by atoms with Crippen LogP contribution in [-0.4, -0.2) is 28.4 Å². The molecule has 0 fully saturated rings. The quantitative estimate of drug-likeness (QED) is 0.108. The van der Waals surface area contributed by atoms with E-state index in [1.54, 1.807) is 42.5 Å². The molecule has 0 aromatic heterocycles. The van der Waals surface area contributed by atoms with Crippen LogP contribution in [0.1, 0.15) is 0 Å². The maximum atomic E-state index is 12.1. The van der Waals surface area contributed by atoms with Gasteiger partial charge in [-0.1, -0.05) is 75.8 Å². The van der Waals surface area contributed by atoms with Gasteiger partial charge in [-0.3, -0.25) is 0 Å². The number of hydrogen-bond acceptors (Lipinski definition) is 8. The highest BCUT2D eigenvalue weighted by molar-refractivity contribution is 14.2. The summed E-state index contributed by atoms with van der Waals surface area (Å²) in [5, 5.41) is 0. The van der Waals surface area contributed by atoms with Gasteiger partial charge in [-0.05, 0) is 29.3 Å². The number of halogens is 1. The van der Waals surface area contributed by atoms with Crippen molar-refractivity contribution in [2.45, 2.75) is 0 Å². The first-order valence-corrected chi connectivity index (χ1v) is 14.0. The molecule has 0 aliphatic rings. The van der Waals surface area contributed by atoms with E-state index in [4.69, 9.17) is 18.9 Å². The smallest absolute Gasteiger partial charge is 0.335 e. The van der Waals surface area contributed by atoms with Crippen LogP contribution in [0.5, 0.6) is 23.0 Å². The van der Waals surface area contributed by atoms with Gasteiger partial charge in [0.25, 0.3) is 0 Å². The van der Waals surface area contributed by atoms with Gasteiger partial charge in [0.2, 0.25) is 0 Å². The van der Waals surface area contributed by atoms with Gasteiger partial charge in [0.15, 0.2) is 0 Å². The predicted octanol–water partition coefficient (Wildman–Crippen LogP) is 5.96. The molecule has 0 N–H and O–H groups in total. The van der Waals surface area contributed by atoms with Crippen molar-refractivity contribution in [1.29, 1.82) is 0 Å². The Labute approximate surface area is 240 Å².